The van der Waals surface area contributed by atoms with Crippen molar-refractivity contribution in [2.75, 3.05) is 18.0 Å². The van der Waals surface area contributed by atoms with E-state index < -0.39 is 0 Å². The third-order valence-corrected chi connectivity index (χ3v) is 4.54. The summed E-state index contributed by atoms with van der Waals surface area (Å²) >= 11 is 1.66. The van der Waals surface area contributed by atoms with E-state index in [2.05, 4.69) is 27.0 Å². The molecule has 6 heteroatoms. The van der Waals surface area contributed by atoms with Crippen molar-refractivity contribution in [1.29, 1.82) is 0 Å². The SMILES string of the molecule is Cc1cnc(N2CCC(NC(=O)C#Cc3ccc(F)cc3)C2)s1. The van der Waals surface area contributed by atoms with Crippen molar-refractivity contribution in [3.05, 3.63) is 46.7 Å². The first-order valence-electron chi connectivity index (χ1n) is 7.35. The van der Waals surface area contributed by atoms with E-state index in [1.54, 1.807) is 23.5 Å². The van der Waals surface area contributed by atoms with Crippen LogP contribution in [0.25, 0.3) is 0 Å². The number of carbonyl (C=O) groups is 1. The van der Waals surface area contributed by atoms with Gasteiger partial charge in [-0.1, -0.05) is 5.92 Å². The third kappa shape index (κ3) is 4.08. The van der Waals surface area contributed by atoms with E-state index in [-0.39, 0.29) is 17.8 Å². The predicted molar refractivity (Wildman–Crippen MR) is 88.9 cm³/mol. The third-order valence-electron chi connectivity index (χ3n) is 3.57. The summed E-state index contributed by atoms with van der Waals surface area (Å²) in [6.45, 7) is 3.65. The largest absolute Gasteiger partial charge is 0.346 e. The maximum Gasteiger partial charge on any atom is 0.296 e. The Morgan fingerprint density at radius 2 is 2.22 bits per heavy atom. The minimum absolute atomic E-state index is 0.0780. The summed E-state index contributed by atoms with van der Waals surface area (Å²) in [6, 6.07) is 5.84. The zero-order valence-corrected chi connectivity index (χ0v) is 13.5. The number of benzene rings is 1. The summed E-state index contributed by atoms with van der Waals surface area (Å²) in [4.78, 5) is 19.6. The molecule has 1 N–H and O–H groups in total. The fourth-order valence-electron chi connectivity index (χ4n) is 2.42. The smallest absolute Gasteiger partial charge is 0.296 e. The fraction of sp³-hybridized carbons (Fsp3) is 0.294. The average Bonchev–Trinajstić information content (AvgIpc) is 3.16. The van der Waals surface area contributed by atoms with Crippen molar-refractivity contribution in [2.45, 2.75) is 19.4 Å². The van der Waals surface area contributed by atoms with Crippen molar-refractivity contribution in [1.82, 2.24) is 10.3 Å². The fourth-order valence-corrected chi connectivity index (χ4v) is 3.22. The van der Waals surface area contributed by atoms with Crippen LogP contribution < -0.4 is 10.2 Å². The Hall–Kier alpha value is -2.39. The van der Waals surface area contributed by atoms with Crippen molar-refractivity contribution in [3.8, 4) is 11.8 Å². The normalized spacial score (nSPS) is 16.8. The van der Waals surface area contributed by atoms with Gasteiger partial charge in [0.15, 0.2) is 5.13 Å². The van der Waals surface area contributed by atoms with Gasteiger partial charge in [0, 0.05) is 41.7 Å². The summed E-state index contributed by atoms with van der Waals surface area (Å²) in [5.41, 5.74) is 0.618. The van der Waals surface area contributed by atoms with Crippen molar-refractivity contribution < 1.29 is 9.18 Å². The van der Waals surface area contributed by atoms with Crippen LogP contribution in [0.3, 0.4) is 0 Å². The second kappa shape index (κ2) is 6.80. The molecule has 23 heavy (non-hydrogen) atoms. The molecule has 4 nitrogen and oxygen atoms in total. The number of anilines is 1. The van der Waals surface area contributed by atoms with Gasteiger partial charge < -0.3 is 10.2 Å². The molecule has 0 radical (unpaired) electrons. The maximum atomic E-state index is 12.8. The highest BCUT2D eigenvalue weighted by Gasteiger charge is 2.25. The second-order valence-corrected chi connectivity index (χ2v) is 6.63. The lowest BCUT2D eigenvalue weighted by atomic mass is 10.2. The summed E-state index contributed by atoms with van der Waals surface area (Å²) < 4.78 is 12.8. The molecule has 118 valence electrons. The topological polar surface area (TPSA) is 45.2 Å². The van der Waals surface area contributed by atoms with E-state index in [0.29, 0.717) is 5.56 Å². The molecule has 1 aliphatic rings. The average molecular weight is 329 g/mol. The van der Waals surface area contributed by atoms with Crippen LogP contribution in [-0.4, -0.2) is 30.0 Å². The molecular weight excluding hydrogens is 313 g/mol. The number of thiazole rings is 1. The van der Waals surface area contributed by atoms with Crippen LogP contribution in [0.4, 0.5) is 9.52 Å². The van der Waals surface area contributed by atoms with Gasteiger partial charge in [0.05, 0.1) is 0 Å². The maximum absolute atomic E-state index is 12.8. The Bertz CT molecular complexity index is 760. The van der Waals surface area contributed by atoms with Gasteiger partial charge in [-0.2, -0.15) is 0 Å². The predicted octanol–water partition coefficient (Wildman–Crippen LogP) is 2.34. The number of hydrogen-bond donors (Lipinski definition) is 1. The highest BCUT2D eigenvalue weighted by atomic mass is 32.1. The molecule has 3 rings (SSSR count). The lowest BCUT2D eigenvalue weighted by Gasteiger charge is -2.14. The molecule has 1 aromatic carbocycles. The molecule has 1 fully saturated rings. The molecule has 0 aliphatic carbocycles. The molecule has 2 heterocycles. The first-order chi connectivity index (χ1) is 11.1. The highest BCUT2D eigenvalue weighted by Crippen LogP contribution is 2.25. The standard InChI is InChI=1S/C17H16FN3OS/c1-12-10-19-17(23-12)21-9-8-15(11-21)20-16(22)7-4-13-2-5-14(18)6-3-13/h2-3,5-6,10,15H,8-9,11H2,1H3,(H,20,22). The van der Waals surface area contributed by atoms with Crippen molar-refractivity contribution >= 4 is 22.4 Å². The minimum Gasteiger partial charge on any atom is -0.346 e. The molecule has 1 atom stereocenters. The number of carbonyl (C=O) groups excluding carboxylic acids is 1. The molecule has 1 aromatic heterocycles. The van der Waals surface area contributed by atoms with Crippen LogP contribution in [0.2, 0.25) is 0 Å². The number of halogens is 1. The summed E-state index contributed by atoms with van der Waals surface area (Å²) in [7, 11) is 0. The molecule has 0 saturated carbocycles. The quantitative estimate of drug-likeness (QED) is 0.860. The highest BCUT2D eigenvalue weighted by molar-refractivity contribution is 7.15. The van der Waals surface area contributed by atoms with Gasteiger partial charge in [0.1, 0.15) is 5.82 Å². The molecule has 2 aromatic rings. The Kier molecular flexibility index (Phi) is 4.58. The van der Waals surface area contributed by atoms with Crippen LogP contribution in [0.15, 0.2) is 30.5 Å². The van der Waals surface area contributed by atoms with Gasteiger partial charge in [-0.25, -0.2) is 9.37 Å². The first kappa shape index (κ1) is 15.5. The number of hydrogen-bond acceptors (Lipinski definition) is 4. The molecule has 1 amide bonds. The monoisotopic (exact) mass is 329 g/mol. The van der Waals surface area contributed by atoms with Gasteiger partial charge >= 0.3 is 0 Å². The summed E-state index contributed by atoms with van der Waals surface area (Å²) in [6.07, 6.45) is 2.74. The van der Waals surface area contributed by atoms with E-state index in [9.17, 15) is 9.18 Å². The molecule has 1 unspecified atom stereocenters. The van der Waals surface area contributed by atoms with Gasteiger partial charge in [-0.05, 0) is 37.6 Å². The van der Waals surface area contributed by atoms with E-state index in [4.69, 9.17) is 0 Å². The number of aryl methyl sites for hydroxylation is 1. The lowest BCUT2D eigenvalue weighted by Crippen LogP contribution is -2.36. The molecule has 1 saturated heterocycles. The van der Waals surface area contributed by atoms with Crippen LogP contribution in [-0.2, 0) is 4.79 Å². The Balaban J connectivity index is 1.54. The number of nitrogens with one attached hydrogen (secondary N) is 1. The molecule has 1 aliphatic heterocycles. The van der Waals surface area contributed by atoms with Gasteiger partial charge in [0.25, 0.3) is 5.91 Å². The first-order valence-corrected chi connectivity index (χ1v) is 8.17. The molecular formula is C17H16FN3OS. The Morgan fingerprint density at radius 3 is 2.91 bits per heavy atom. The zero-order valence-electron chi connectivity index (χ0n) is 12.7. The Labute approximate surface area is 138 Å². The van der Waals surface area contributed by atoms with Crippen LogP contribution >= 0.6 is 11.3 Å². The lowest BCUT2D eigenvalue weighted by molar-refractivity contribution is -0.116. The summed E-state index contributed by atoms with van der Waals surface area (Å²) in [5, 5.41) is 3.91. The van der Waals surface area contributed by atoms with Gasteiger partial charge in [0.2, 0.25) is 0 Å². The number of nitrogens with zero attached hydrogens (tertiary/aromatic N) is 2. The number of aromatic nitrogens is 1. The van der Waals surface area contributed by atoms with E-state index in [1.807, 2.05) is 13.1 Å². The molecule has 0 spiro atoms. The Morgan fingerprint density at radius 1 is 1.43 bits per heavy atom. The van der Waals surface area contributed by atoms with E-state index in [0.717, 1.165) is 24.6 Å². The summed E-state index contributed by atoms with van der Waals surface area (Å²) in [5.74, 6) is 4.66. The van der Waals surface area contributed by atoms with Crippen LogP contribution in [0.1, 0.15) is 16.9 Å². The zero-order chi connectivity index (χ0) is 16.2. The van der Waals surface area contributed by atoms with Crippen LogP contribution in [0, 0.1) is 24.6 Å². The van der Waals surface area contributed by atoms with Crippen molar-refractivity contribution in [2.24, 2.45) is 0 Å². The van der Waals surface area contributed by atoms with Gasteiger partial charge in [-0.15, -0.1) is 11.3 Å². The second-order valence-electron chi connectivity index (χ2n) is 5.42. The van der Waals surface area contributed by atoms with Gasteiger partial charge in [-0.3, -0.25) is 4.79 Å². The van der Waals surface area contributed by atoms with E-state index >= 15 is 0 Å². The molecule has 0 bridgehead atoms. The van der Waals surface area contributed by atoms with Crippen molar-refractivity contribution in [3.63, 3.8) is 0 Å². The minimum atomic E-state index is -0.316. The van der Waals surface area contributed by atoms with E-state index in [1.165, 1.54) is 17.0 Å². The number of amides is 1. The van der Waals surface area contributed by atoms with Crippen LogP contribution in [0.5, 0.6) is 0 Å². The number of rotatable bonds is 2.